The molecule has 8 atom stereocenters. The Balaban J connectivity index is 0.000000179. The van der Waals surface area contributed by atoms with E-state index in [0.29, 0.717) is 105 Å². The summed E-state index contributed by atoms with van der Waals surface area (Å²) in [4.78, 5) is 52.0. The van der Waals surface area contributed by atoms with Crippen LogP contribution in [0.15, 0.2) is 56.8 Å². The summed E-state index contributed by atoms with van der Waals surface area (Å²) in [5.74, 6) is 5.46. The zero-order valence-corrected chi connectivity index (χ0v) is 51.6. The van der Waals surface area contributed by atoms with Crippen LogP contribution in [0, 0.1) is 22.7 Å². The molecule has 2 spiro atoms. The number of nitrogens with two attached hydrogens (primary N) is 1. The number of rotatable bonds is 17. The number of hydrogen-bond donors (Lipinski definition) is 4. The second-order valence-corrected chi connectivity index (χ2v) is 26.9. The second-order valence-electron chi connectivity index (χ2n) is 24.8. The van der Waals surface area contributed by atoms with Crippen molar-refractivity contribution in [3.05, 3.63) is 48.3 Å². The van der Waals surface area contributed by atoms with Gasteiger partial charge in [0.1, 0.15) is 53.8 Å². The van der Waals surface area contributed by atoms with Crippen molar-refractivity contribution in [3.63, 3.8) is 0 Å². The highest BCUT2D eigenvalue weighted by Crippen LogP contribution is 2.49. The van der Waals surface area contributed by atoms with Crippen LogP contribution in [0.3, 0.4) is 0 Å². The van der Waals surface area contributed by atoms with E-state index in [9.17, 15) is 15.0 Å². The number of piperidine rings is 2. The Labute approximate surface area is 506 Å². The Morgan fingerprint density at radius 1 is 0.706 bits per heavy atom. The van der Waals surface area contributed by atoms with Crippen molar-refractivity contribution >= 4 is 52.9 Å². The van der Waals surface area contributed by atoms with Crippen LogP contribution in [-0.4, -0.2) is 195 Å². The highest BCUT2D eigenvalue weighted by Gasteiger charge is 2.52. The van der Waals surface area contributed by atoms with E-state index in [4.69, 9.17) is 68.3 Å². The fourth-order valence-corrected chi connectivity index (χ4v) is 15.3. The standard InChI is InChI=1S/C32H46N6O7S.C27H38N6O5S/c1-20-27(36-30(40)45-31(2,3)4)32(18-44-20)7-10-37(11-8-32)28-23(15-39)35-25(13-34-28)46-24-6-9-33-29-26(24)43-17-22-12-21(14-38(22)29)16-42-19-41-5;1-17-24(28)27(15-38-17)4-7-32(8-5-27)25-20(12-34)31-22(10-30-25)39-21-3-6-29-26-23(21)37-14-19-9-18(11-33(19)26)13-36-16-35-2/h6,9,13,20-22,27,39H,7-8,10-12,14-19H2,1-5H3,(H,36,40);3,6,10,17-19,24,34H,4-5,7-9,11-16,28H2,1-2H3/t20-,21-,22-,27+;17-,18-,19-,24+/m00/s1. The molecule has 0 unspecified atom stereocenters. The number of carbonyl (C=O) groups excluding carboxylic acids is 1. The lowest BCUT2D eigenvalue weighted by Crippen LogP contribution is -2.55. The number of carbonyl (C=O) groups is 1. The third kappa shape index (κ3) is 13.5. The number of pyridine rings is 2. The van der Waals surface area contributed by atoms with Crippen molar-refractivity contribution < 1.29 is 57.6 Å². The maximum Gasteiger partial charge on any atom is 0.407 e. The van der Waals surface area contributed by atoms with Crippen LogP contribution >= 0.6 is 23.5 Å². The summed E-state index contributed by atoms with van der Waals surface area (Å²) in [5, 5.41) is 25.0. The van der Waals surface area contributed by atoms with E-state index in [0.717, 1.165) is 110 Å². The molecule has 12 heterocycles. The first-order chi connectivity index (χ1) is 41.1. The molecule has 0 radical (unpaired) electrons. The Morgan fingerprint density at radius 2 is 1.18 bits per heavy atom. The largest absolute Gasteiger partial charge is 0.486 e. The van der Waals surface area contributed by atoms with Crippen LogP contribution in [0.5, 0.6) is 11.5 Å². The molecule has 5 N–H and O–H groups in total. The predicted molar refractivity (Wildman–Crippen MR) is 317 cm³/mol. The van der Waals surface area contributed by atoms with E-state index in [1.54, 1.807) is 32.8 Å². The number of methoxy groups -OCH3 is 2. The maximum atomic E-state index is 12.6. The molecule has 24 nitrogen and oxygen atoms in total. The molecule has 4 aromatic heterocycles. The number of nitrogens with one attached hydrogen (secondary N) is 1. The molecule has 85 heavy (non-hydrogen) atoms. The molecular weight excluding hydrogens is 1130 g/mol. The maximum absolute atomic E-state index is 12.6. The molecule has 8 aliphatic rings. The van der Waals surface area contributed by atoms with E-state index in [1.165, 1.54) is 23.5 Å². The van der Waals surface area contributed by atoms with E-state index in [2.05, 4.69) is 41.8 Å². The number of fused-ring (bicyclic) bond motifs is 6. The Morgan fingerprint density at radius 3 is 1.62 bits per heavy atom. The molecule has 0 bridgehead atoms. The van der Waals surface area contributed by atoms with Gasteiger partial charge in [-0.15, -0.1) is 0 Å². The summed E-state index contributed by atoms with van der Waals surface area (Å²) >= 11 is 2.94. The molecule has 8 aliphatic heterocycles. The zero-order chi connectivity index (χ0) is 59.5. The quantitative estimate of drug-likeness (QED) is 0.0732. The molecule has 0 saturated carbocycles. The SMILES string of the molecule is COCOC[C@H]1C[C@H]2COc3c(Sc4cnc(N5CCC6(CC5)CO[C@@H](C)[C@H]6N)c(CO)n4)ccnc3N2C1.COCOC[C@H]1C[C@H]2COc3c(Sc4cnc(N5CCC6(CC5)CO[C@@H](C)[C@H]6NC(=O)OC(C)(C)C)c(CO)n4)ccnc3N2C1. The highest BCUT2D eigenvalue weighted by atomic mass is 32.2. The van der Waals surface area contributed by atoms with E-state index >= 15 is 0 Å². The lowest BCUT2D eigenvalue weighted by atomic mass is 9.73. The van der Waals surface area contributed by atoms with Crippen LogP contribution in [0.2, 0.25) is 0 Å². The summed E-state index contributed by atoms with van der Waals surface area (Å²) in [6.45, 7) is 18.4. The average molecular weight is 1220 g/mol. The number of ether oxygens (including phenoxy) is 9. The van der Waals surface area contributed by atoms with Crippen LogP contribution in [0.4, 0.5) is 28.1 Å². The number of anilines is 4. The molecule has 12 rings (SSSR count). The molecule has 6 fully saturated rings. The van der Waals surface area contributed by atoms with Gasteiger partial charge in [-0.2, -0.15) is 0 Å². The van der Waals surface area contributed by atoms with Crippen LogP contribution in [0.1, 0.15) is 84.5 Å². The minimum absolute atomic E-state index is 0.0320. The smallest absolute Gasteiger partial charge is 0.407 e. The monoisotopic (exact) mass is 1220 g/mol. The van der Waals surface area contributed by atoms with Gasteiger partial charge in [-0.1, -0.05) is 23.5 Å². The number of hydrogen-bond acceptors (Lipinski definition) is 25. The number of aliphatic hydroxyl groups is 2. The van der Waals surface area contributed by atoms with Gasteiger partial charge in [-0.25, -0.2) is 34.7 Å². The minimum atomic E-state index is -0.572. The molecule has 0 aromatic carbocycles. The normalized spacial score (nSPS) is 26.3. The highest BCUT2D eigenvalue weighted by molar-refractivity contribution is 7.99. The van der Waals surface area contributed by atoms with Crippen LogP contribution in [-0.2, 0) is 46.4 Å². The molecule has 464 valence electrons. The summed E-state index contributed by atoms with van der Waals surface area (Å²) in [6, 6.07) is 4.35. The first-order valence-corrected chi connectivity index (χ1v) is 31.4. The number of aromatic nitrogens is 6. The van der Waals surface area contributed by atoms with E-state index < -0.39 is 11.7 Å². The Bertz CT molecular complexity index is 2940. The number of alkyl carbamates (subject to hydrolysis) is 1. The van der Waals surface area contributed by atoms with Gasteiger partial charge >= 0.3 is 6.09 Å². The van der Waals surface area contributed by atoms with Gasteiger partial charge in [-0.3, -0.25) is 0 Å². The third-order valence-electron chi connectivity index (χ3n) is 17.9. The molecule has 4 aromatic rings. The van der Waals surface area contributed by atoms with Gasteiger partial charge in [0.25, 0.3) is 0 Å². The summed E-state index contributed by atoms with van der Waals surface area (Å²) < 4.78 is 51.2. The molecule has 6 saturated heterocycles. The Kier molecular flexibility index (Phi) is 19.3. The molecular formula is C59H84N12O12S2. The number of nitrogens with zero attached hydrogens (tertiary/aromatic N) is 10. The van der Waals surface area contributed by atoms with Crippen LogP contribution in [0.25, 0.3) is 0 Å². The van der Waals surface area contributed by atoms with Crippen molar-refractivity contribution in [1.82, 2.24) is 35.2 Å². The average Bonchev–Trinajstić information content (AvgIpc) is 2.53. The van der Waals surface area contributed by atoms with Crippen molar-refractivity contribution in [2.75, 3.05) is 126 Å². The van der Waals surface area contributed by atoms with Gasteiger partial charge in [0, 0.05) is 94.6 Å². The summed E-state index contributed by atoms with van der Waals surface area (Å²) in [6.07, 6.45) is 12.2. The van der Waals surface area contributed by atoms with Crippen molar-refractivity contribution in [2.24, 2.45) is 28.4 Å². The van der Waals surface area contributed by atoms with Gasteiger partial charge in [0.2, 0.25) is 0 Å². The second kappa shape index (κ2) is 26.7. The van der Waals surface area contributed by atoms with Crippen LogP contribution < -0.4 is 40.1 Å². The third-order valence-corrected chi connectivity index (χ3v) is 19.8. The minimum Gasteiger partial charge on any atom is -0.486 e. The van der Waals surface area contributed by atoms with Crippen molar-refractivity contribution in [2.45, 2.75) is 148 Å². The van der Waals surface area contributed by atoms with Gasteiger partial charge in [0.15, 0.2) is 34.8 Å². The molecule has 26 heteroatoms. The first-order valence-electron chi connectivity index (χ1n) is 29.8. The number of aliphatic hydroxyl groups excluding tert-OH is 2. The predicted octanol–water partition coefficient (Wildman–Crippen LogP) is 5.68. The fraction of sp³-hybridized carbons (Fsp3) is 0.678. The van der Waals surface area contributed by atoms with Crippen molar-refractivity contribution in [3.8, 4) is 11.5 Å². The Hall–Kier alpha value is -5.13. The zero-order valence-electron chi connectivity index (χ0n) is 50.0. The van der Waals surface area contributed by atoms with Gasteiger partial charge < -0.3 is 83.5 Å². The summed E-state index contributed by atoms with van der Waals surface area (Å²) in [7, 11) is 3.27. The first kappa shape index (κ1) is 61.5. The molecule has 1 amide bonds. The number of amides is 1. The molecule has 0 aliphatic carbocycles. The fourth-order valence-electron chi connectivity index (χ4n) is 13.6. The lowest BCUT2D eigenvalue weighted by Gasteiger charge is -2.43. The van der Waals surface area contributed by atoms with E-state index in [1.807, 2.05) is 46.0 Å². The lowest BCUT2D eigenvalue weighted by molar-refractivity contribution is -0.0415. The topological polar surface area (TPSA) is 269 Å². The van der Waals surface area contributed by atoms with Gasteiger partial charge in [0.05, 0.1) is 92.2 Å². The van der Waals surface area contributed by atoms with Crippen molar-refractivity contribution in [1.29, 1.82) is 0 Å². The van der Waals surface area contributed by atoms with Gasteiger partial charge in [-0.05, 0) is 85.3 Å². The summed E-state index contributed by atoms with van der Waals surface area (Å²) in [5.41, 5.74) is 6.87. The van der Waals surface area contributed by atoms with E-state index in [-0.39, 0.29) is 54.4 Å².